The molecule has 0 bridgehead atoms. The maximum atomic E-state index is 12.5. The molecule has 0 spiro atoms. The predicted molar refractivity (Wildman–Crippen MR) is 91.7 cm³/mol. The van der Waals surface area contributed by atoms with Crippen molar-refractivity contribution in [3.05, 3.63) is 71.3 Å². The van der Waals surface area contributed by atoms with E-state index in [0.717, 1.165) is 5.56 Å². The minimum Gasteiger partial charge on any atom is -0.360 e. The molecule has 2 aromatic carbocycles. The molecule has 0 heterocycles. The van der Waals surface area contributed by atoms with Crippen molar-refractivity contribution in [3.8, 4) is 0 Å². The van der Waals surface area contributed by atoms with E-state index >= 15 is 0 Å². The zero-order valence-corrected chi connectivity index (χ0v) is 14.5. The minimum absolute atomic E-state index is 0.0917. The Morgan fingerprint density at radius 3 is 1.96 bits per heavy atom. The lowest BCUT2D eigenvalue weighted by molar-refractivity contribution is -0.00158. The zero-order chi connectivity index (χ0) is 18.0. The maximum Gasteiger partial charge on any atom is 0.456 e. The van der Waals surface area contributed by atoms with Crippen LogP contribution in [0.1, 0.15) is 36.7 Å². The van der Waals surface area contributed by atoms with Crippen molar-refractivity contribution in [2.24, 2.45) is 0 Å². The first-order chi connectivity index (χ1) is 11.2. The van der Waals surface area contributed by atoms with Crippen molar-refractivity contribution >= 4 is 20.7 Å². The van der Waals surface area contributed by atoms with Gasteiger partial charge in [-0.25, -0.2) is 8.42 Å². The van der Waals surface area contributed by atoms with E-state index in [0.29, 0.717) is 0 Å². The van der Waals surface area contributed by atoms with E-state index in [1.165, 1.54) is 36.4 Å². The number of nitrogens with zero attached hydrogens (tertiary/aromatic N) is 2. The number of sulfone groups is 1. The van der Waals surface area contributed by atoms with Crippen LogP contribution in [0.2, 0.25) is 0 Å². The number of carbonyl (C=O) groups excluding carboxylic acids is 1. The van der Waals surface area contributed by atoms with Gasteiger partial charge in [-0.15, -0.1) is 4.79 Å². The summed E-state index contributed by atoms with van der Waals surface area (Å²) in [7, 11) is -4.19. The first-order valence-corrected chi connectivity index (χ1v) is 8.83. The Labute approximate surface area is 141 Å². The highest BCUT2D eigenvalue weighted by Gasteiger charge is 2.38. The van der Waals surface area contributed by atoms with Crippen LogP contribution in [-0.2, 0) is 15.3 Å². The van der Waals surface area contributed by atoms with Crippen LogP contribution in [0.3, 0.4) is 0 Å². The summed E-state index contributed by atoms with van der Waals surface area (Å²) < 4.78 is 25.0. The molecule has 0 amide bonds. The van der Waals surface area contributed by atoms with Gasteiger partial charge in [0.2, 0.25) is 0 Å². The minimum atomic E-state index is -4.19. The molecule has 0 saturated heterocycles. The van der Waals surface area contributed by atoms with Gasteiger partial charge in [0.25, 0.3) is 15.6 Å². The van der Waals surface area contributed by atoms with Crippen LogP contribution in [0.25, 0.3) is 5.53 Å². The van der Waals surface area contributed by atoms with Gasteiger partial charge >= 0.3 is 5.04 Å². The lowest BCUT2D eigenvalue weighted by atomic mass is 9.86. The molecular formula is C18H18N2O3S. The number of ketones is 1. The van der Waals surface area contributed by atoms with Gasteiger partial charge < -0.3 is 5.53 Å². The zero-order valence-electron chi connectivity index (χ0n) is 13.7. The van der Waals surface area contributed by atoms with Gasteiger partial charge in [-0.05, 0) is 23.1 Å². The molecule has 0 fully saturated rings. The summed E-state index contributed by atoms with van der Waals surface area (Å²) in [5.74, 6) is -0.846. The Morgan fingerprint density at radius 1 is 0.958 bits per heavy atom. The molecule has 2 aromatic rings. The summed E-state index contributed by atoms with van der Waals surface area (Å²) in [5.41, 5.74) is 10.2. The Kier molecular flexibility index (Phi) is 4.83. The van der Waals surface area contributed by atoms with E-state index in [1.807, 2.05) is 20.8 Å². The molecule has 0 aromatic heterocycles. The number of carbonyl (C=O) groups is 1. The number of Topliss-reactive ketones (excluding diaryl/α,β-unsaturated/α-hetero) is 1. The van der Waals surface area contributed by atoms with E-state index in [-0.39, 0.29) is 15.9 Å². The van der Waals surface area contributed by atoms with Gasteiger partial charge in [0.15, 0.2) is 0 Å². The summed E-state index contributed by atoms with van der Waals surface area (Å²) in [4.78, 5) is 15.2. The Morgan fingerprint density at radius 2 is 1.50 bits per heavy atom. The van der Waals surface area contributed by atoms with Gasteiger partial charge in [0, 0.05) is 5.56 Å². The Hall–Kier alpha value is -2.56. The molecule has 2 rings (SSSR count). The van der Waals surface area contributed by atoms with Crippen molar-refractivity contribution in [1.82, 2.24) is 0 Å². The smallest absolute Gasteiger partial charge is 0.360 e. The van der Waals surface area contributed by atoms with Crippen molar-refractivity contribution in [3.63, 3.8) is 0 Å². The molecule has 124 valence electrons. The molecule has 0 N–H and O–H groups in total. The quantitative estimate of drug-likeness (QED) is 0.282. The summed E-state index contributed by atoms with van der Waals surface area (Å²) >= 11 is 0. The molecule has 0 saturated carbocycles. The average Bonchev–Trinajstić information content (AvgIpc) is 2.55. The highest BCUT2D eigenvalue weighted by molar-refractivity contribution is 8.08. The van der Waals surface area contributed by atoms with Crippen molar-refractivity contribution in [1.29, 1.82) is 0 Å². The van der Waals surface area contributed by atoms with Crippen LogP contribution in [0, 0.1) is 0 Å². The third-order valence-electron chi connectivity index (χ3n) is 3.61. The second-order valence-corrected chi connectivity index (χ2v) is 8.24. The standard InChI is InChI=1S/C18H18N2O3S/c1-18(2,3)14-11-9-13(10-12-14)16(21)17(20-19)24(22,23)15-7-5-4-6-8-15/h4-12H,1-3H3. The van der Waals surface area contributed by atoms with Crippen molar-refractivity contribution < 1.29 is 18.0 Å². The number of hydrogen-bond acceptors (Lipinski definition) is 3. The third kappa shape index (κ3) is 3.50. The Bertz CT molecular complexity index is 903. The van der Waals surface area contributed by atoms with Crippen LogP contribution in [0.15, 0.2) is 59.5 Å². The van der Waals surface area contributed by atoms with Crippen molar-refractivity contribution in [2.75, 3.05) is 0 Å². The second-order valence-electron chi connectivity index (χ2n) is 6.38. The van der Waals surface area contributed by atoms with Crippen LogP contribution in [0.4, 0.5) is 0 Å². The molecule has 0 aliphatic heterocycles. The number of rotatable bonds is 3. The average molecular weight is 342 g/mol. The molecule has 0 aliphatic rings. The second kappa shape index (κ2) is 6.51. The molecule has 5 nitrogen and oxygen atoms in total. The van der Waals surface area contributed by atoms with Crippen LogP contribution >= 0.6 is 0 Å². The van der Waals surface area contributed by atoms with Crippen LogP contribution in [0.5, 0.6) is 0 Å². The van der Waals surface area contributed by atoms with E-state index in [1.54, 1.807) is 18.2 Å². The SMILES string of the molecule is CC(C)(C)c1ccc(C(=O)C(=[N+]=[N-])S(=O)(=O)c2ccccc2)cc1. The first kappa shape index (κ1) is 17.8. The maximum absolute atomic E-state index is 12.5. The molecule has 0 aliphatic carbocycles. The summed E-state index contributed by atoms with van der Waals surface area (Å²) in [6.07, 6.45) is 0. The van der Waals surface area contributed by atoms with E-state index < -0.39 is 20.7 Å². The van der Waals surface area contributed by atoms with Crippen molar-refractivity contribution in [2.45, 2.75) is 31.1 Å². The summed E-state index contributed by atoms with van der Waals surface area (Å²) in [5, 5.41) is -0.891. The monoisotopic (exact) mass is 342 g/mol. The fraction of sp³-hybridized carbons (Fsp3) is 0.222. The van der Waals surface area contributed by atoms with Gasteiger partial charge in [0.05, 0.1) is 4.90 Å². The fourth-order valence-electron chi connectivity index (χ4n) is 2.18. The van der Waals surface area contributed by atoms with Gasteiger partial charge in [-0.1, -0.05) is 63.2 Å². The number of benzene rings is 2. The highest BCUT2D eigenvalue weighted by Crippen LogP contribution is 2.23. The molecule has 0 atom stereocenters. The van der Waals surface area contributed by atoms with Crippen LogP contribution < -0.4 is 0 Å². The lowest BCUT2D eigenvalue weighted by Crippen LogP contribution is -2.26. The fourth-order valence-corrected chi connectivity index (χ4v) is 3.39. The molecule has 0 radical (unpaired) electrons. The third-order valence-corrected chi connectivity index (χ3v) is 5.28. The van der Waals surface area contributed by atoms with Gasteiger partial charge in [-0.2, -0.15) is 0 Å². The molecule has 24 heavy (non-hydrogen) atoms. The Balaban J connectivity index is 2.42. The molecular weight excluding hydrogens is 324 g/mol. The lowest BCUT2D eigenvalue weighted by Gasteiger charge is -2.18. The molecule has 0 unspecified atom stereocenters. The normalized spacial score (nSPS) is 11.6. The van der Waals surface area contributed by atoms with Crippen LogP contribution in [-0.4, -0.2) is 24.0 Å². The van der Waals surface area contributed by atoms with Gasteiger partial charge in [0.1, 0.15) is 0 Å². The highest BCUT2D eigenvalue weighted by atomic mass is 32.2. The van der Waals surface area contributed by atoms with E-state index in [9.17, 15) is 13.2 Å². The topological polar surface area (TPSA) is 87.6 Å². The van der Waals surface area contributed by atoms with E-state index in [2.05, 4.69) is 4.79 Å². The predicted octanol–water partition coefficient (Wildman–Crippen LogP) is 3.27. The number of hydrogen-bond donors (Lipinski definition) is 0. The molecule has 6 heteroatoms. The van der Waals surface area contributed by atoms with Gasteiger partial charge in [-0.3, -0.25) is 4.79 Å². The van der Waals surface area contributed by atoms with E-state index in [4.69, 9.17) is 5.53 Å². The largest absolute Gasteiger partial charge is 0.456 e. The summed E-state index contributed by atoms with van der Waals surface area (Å²) in [6, 6.07) is 14.0. The summed E-state index contributed by atoms with van der Waals surface area (Å²) in [6.45, 7) is 6.10. The first-order valence-electron chi connectivity index (χ1n) is 7.35.